The van der Waals surface area contributed by atoms with Crippen LogP contribution in [0.25, 0.3) is 0 Å². The normalized spacial score (nSPS) is 20.1. The van der Waals surface area contributed by atoms with Crippen molar-refractivity contribution in [2.75, 3.05) is 6.61 Å². The first kappa shape index (κ1) is 9.61. The average molecular weight is 197 g/mol. The summed E-state index contributed by atoms with van der Waals surface area (Å²) >= 11 is 0. The van der Waals surface area contributed by atoms with Gasteiger partial charge in [0.1, 0.15) is 6.04 Å². The van der Waals surface area contributed by atoms with Crippen molar-refractivity contribution in [1.82, 2.24) is 10.2 Å². The molecule has 78 valence electrons. The minimum absolute atomic E-state index is 0.160. The molecule has 0 spiro atoms. The molecule has 3 N–H and O–H groups in total. The van der Waals surface area contributed by atoms with Crippen molar-refractivity contribution < 1.29 is 9.52 Å². The number of rotatable bonds is 3. The standard InChI is InChI=1S/C9H15N3O2/c10-7(5-13)9-12-11-8(14-9)6-3-1-2-4-6/h6-7,13H,1-5,10H2. The SMILES string of the molecule is NC(CO)c1nnc(C2CCCC2)o1. The van der Waals surface area contributed by atoms with Gasteiger partial charge in [0.25, 0.3) is 0 Å². The first-order chi connectivity index (χ1) is 6.81. The predicted octanol–water partition coefficient (Wildman–Crippen LogP) is 0.719. The third kappa shape index (κ3) is 1.78. The van der Waals surface area contributed by atoms with E-state index in [4.69, 9.17) is 15.3 Å². The molecule has 5 heteroatoms. The summed E-state index contributed by atoms with van der Waals surface area (Å²) in [6.07, 6.45) is 4.70. The van der Waals surface area contributed by atoms with Gasteiger partial charge in [-0.2, -0.15) is 0 Å². The Hall–Kier alpha value is -0.940. The van der Waals surface area contributed by atoms with E-state index in [9.17, 15) is 0 Å². The van der Waals surface area contributed by atoms with Crippen LogP contribution in [0.5, 0.6) is 0 Å². The van der Waals surface area contributed by atoms with E-state index in [-0.39, 0.29) is 6.61 Å². The number of aliphatic hydroxyl groups excluding tert-OH is 1. The predicted molar refractivity (Wildman–Crippen MR) is 49.5 cm³/mol. The first-order valence-corrected chi connectivity index (χ1v) is 5.01. The molecule has 0 bridgehead atoms. The van der Waals surface area contributed by atoms with Crippen molar-refractivity contribution >= 4 is 0 Å². The van der Waals surface area contributed by atoms with E-state index >= 15 is 0 Å². The van der Waals surface area contributed by atoms with E-state index < -0.39 is 6.04 Å². The molecule has 0 saturated heterocycles. The zero-order chi connectivity index (χ0) is 9.97. The molecule has 1 heterocycles. The fraction of sp³-hybridized carbons (Fsp3) is 0.778. The Morgan fingerprint density at radius 1 is 1.43 bits per heavy atom. The molecule has 5 nitrogen and oxygen atoms in total. The Bertz CT molecular complexity index is 294. The first-order valence-electron chi connectivity index (χ1n) is 5.01. The van der Waals surface area contributed by atoms with Crippen LogP contribution in [0.15, 0.2) is 4.42 Å². The van der Waals surface area contributed by atoms with Crippen LogP contribution in [-0.4, -0.2) is 21.9 Å². The zero-order valence-electron chi connectivity index (χ0n) is 8.02. The number of hydrogen-bond acceptors (Lipinski definition) is 5. The Labute approximate surface area is 82.3 Å². The number of nitrogens with zero attached hydrogens (tertiary/aromatic N) is 2. The topological polar surface area (TPSA) is 85.2 Å². The van der Waals surface area contributed by atoms with Gasteiger partial charge in [0.05, 0.1) is 6.61 Å². The molecule has 1 aromatic heterocycles. The molecular weight excluding hydrogens is 182 g/mol. The van der Waals surface area contributed by atoms with Gasteiger partial charge in [-0.05, 0) is 12.8 Å². The maximum absolute atomic E-state index is 8.81. The summed E-state index contributed by atoms with van der Waals surface area (Å²) in [7, 11) is 0. The molecule has 1 atom stereocenters. The molecule has 1 aliphatic rings. The van der Waals surface area contributed by atoms with Crippen molar-refractivity contribution in [2.24, 2.45) is 5.73 Å². The van der Waals surface area contributed by atoms with Crippen molar-refractivity contribution in [3.63, 3.8) is 0 Å². The lowest BCUT2D eigenvalue weighted by molar-refractivity contribution is 0.244. The highest BCUT2D eigenvalue weighted by Gasteiger charge is 2.23. The maximum Gasteiger partial charge on any atom is 0.235 e. The van der Waals surface area contributed by atoms with Gasteiger partial charge in [0.15, 0.2) is 0 Å². The van der Waals surface area contributed by atoms with Crippen LogP contribution in [0.1, 0.15) is 49.4 Å². The summed E-state index contributed by atoms with van der Waals surface area (Å²) in [6.45, 7) is -0.160. The second-order valence-corrected chi connectivity index (χ2v) is 3.75. The van der Waals surface area contributed by atoms with E-state index in [2.05, 4.69) is 10.2 Å². The third-order valence-electron chi connectivity index (χ3n) is 2.67. The quantitative estimate of drug-likeness (QED) is 0.745. The molecule has 1 aromatic rings. The maximum atomic E-state index is 8.81. The lowest BCUT2D eigenvalue weighted by Gasteiger charge is -2.02. The van der Waals surface area contributed by atoms with Gasteiger partial charge in [0, 0.05) is 5.92 Å². The van der Waals surface area contributed by atoms with Crippen LogP contribution < -0.4 is 5.73 Å². The summed E-state index contributed by atoms with van der Waals surface area (Å²) in [4.78, 5) is 0. The number of aromatic nitrogens is 2. The summed E-state index contributed by atoms with van der Waals surface area (Å²) in [5.74, 6) is 1.43. The van der Waals surface area contributed by atoms with Crippen molar-refractivity contribution in [3.05, 3.63) is 11.8 Å². The summed E-state index contributed by atoms with van der Waals surface area (Å²) in [5.41, 5.74) is 5.56. The van der Waals surface area contributed by atoms with Crippen LogP contribution >= 0.6 is 0 Å². The second-order valence-electron chi connectivity index (χ2n) is 3.75. The van der Waals surface area contributed by atoms with Gasteiger partial charge < -0.3 is 15.3 Å². The molecule has 1 fully saturated rings. The minimum Gasteiger partial charge on any atom is -0.423 e. The van der Waals surface area contributed by atoms with Crippen LogP contribution in [0.4, 0.5) is 0 Å². The van der Waals surface area contributed by atoms with Crippen LogP contribution in [-0.2, 0) is 0 Å². The fourth-order valence-corrected chi connectivity index (χ4v) is 1.81. The fourth-order valence-electron chi connectivity index (χ4n) is 1.81. The van der Waals surface area contributed by atoms with Crippen molar-refractivity contribution in [1.29, 1.82) is 0 Å². The number of hydrogen-bond donors (Lipinski definition) is 2. The minimum atomic E-state index is -0.544. The van der Waals surface area contributed by atoms with E-state index in [1.165, 1.54) is 12.8 Å². The van der Waals surface area contributed by atoms with Crippen LogP contribution in [0.3, 0.4) is 0 Å². The molecule has 14 heavy (non-hydrogen) atoms. The largest absolute Gasteiger partial charge is 0.423 e. The highest BCUT2D eigenvalue weighted by Crippen LogP contribution is 2.33. The highest BCUT2D eigenvalue weighted by molar-refractivity contribution is 4.96. The van der Waals surface area contributed by atoms with E-state index in [0.29, 0.717) is 17.7 Å². The Morgan fingerprint density at radius 2 is 2.14 bits per heavy atom. The van der Waals surface area contributed by atoms with Crippen LogP contribution in [0.2, 0.25) is 0 Å². The van der Waals surface area contributed by atoms with Gasteiger partial charge >= 0.3 is 0 Å². The molecular formula is C9H15N3O2. The van der Waals surface area contributed by atoms with Gasteiger partial charge in [0.2, 0.25) is 11.8 Å². The van der Waals surface area contributed by atoms with Gasteiger partial charge in [-0.3, -0.25) is 0 Å². The molecule has 0 radical (unpaired) electrons. The molecule has 1 unspecified atom stereocenters. The van der Waals surface area contributed by atoms with Crippen LogP contribution in [0, 0.1) is 0 Å². The molecule has 0 aromatic carbocycles. The molecule has 2 rings (SSSR count). The smallest absolute Gasteiger partial charge is 0.235 e. The average Bonchev–Trinajstić information content (AvgIpc) is 2.86. The van der Waals surface area contributed by atoms with Gasteiger partial charge in [-0.25, -0.2) is 0 Å². The third-order valence-corrected chi connectivity index (χ3v) is 2.67. The Morgan fingerprint density at radius 3 is 2.79 bits per heavy atom. The molecule has 1 saturated carbocycles. The molecule has 0 amide bonds. The summed E-state index contributed by atoms with van der Waals surface area (Å²) < 4.78 is 5.41. The number of nitrogens with two attached hydrogens (primary N) is 1. The van der Waals surface area contributed by atoms with E-state index in [0.717, 1.165) is 12.8 Å². The van der Waals surface area contributed by atoms with E-state index in [1.54, 1.807) is 0 Å². The zero-order valence-corrected chi connectivity index (χ0v) is 8.02. The van der Waals surface area contributed by atoms with Gasteiger partial charge in [-0.15, -0.1) is 10.2 Å². The van der Waals surface area contributed by atoms with Crippen molar-refractivity contribution in [3.8, 4) is 0 Å². The van der Waals surface area contributed by atoms with Gasteiger partial charge in [-0.1, -0.05) is 12.8 Å². The van der Waals surface area contributed by atoms with Crippen molar-refractivity contribution in [2.45, 2.75) is 37.6 Å². The summed E-state index contributed by atoms with van der Waals surface area (Å²) in [6, 6.07) is -0.544. The second kappa shape index (κ2) is 4.06. The molecule has 1 aliphatic carbocycles. The molecule has 0 aliphatic heterocycles. The lowest BCUT2D eigenvalue weighted by atomic mass is 10.1. The summed E-state index contributed by atoms with van der Waals surface area (Å²) in [5, 5.41) is 16.6. The number of aliphatic hydroxyl groups is 1. The Kier molecular flexibility index (Phi) is 2.79. The monoisotopic (exact) mass is 197 g/mol. The Balaban J connectivity index is 2.08. The highest BCUT2D eigenvalue weighted by atomic mass is 16.4. The van der Waals surface area contributed by atoms with E-state index in [1.807, 2.05) is 0 Å². The lowest BCUT2D eigenvalue weighted by Crippen LogP contribution is -2.14.